The van der Waals surface area contributed by atoms with Crippen LogP contribution in [0.5, 0.6) is 5.75 Å². The molecule has 0 saturated carbocycles. The summed E-state index contributed by atoms with van der Waals surface area (Å²) in [5.41, 5.74) is 0.596. The average molecular weight is 206 g/mol. The lowest BCUT2D eigenvalue weighted by Gasteiger charge is -2.04. The molecular weight excluding hydrogens is 192 g/mol. The van der Waals surface area contributed by atoms with Crippen LogP contribution in [0.1, 0.15) is 19.4 Å². The van der Waals surface area contributed by atoms with Crippen molar-refractivity contribution >= 4 is 12.0 Å². The van der Waals surface area contributed by atoms with Crippen molar-refractivity contribution in [2.24, 2.45) is 0 Å². The van der Waals surface area contributed by atoms with Crippen LogP contribution in [0.2, 0.25) is 0 Å². The summed E-state index contributed by atoms with van der Waals surface area (Å²) in [6.45, 7) is 3.57. The van der Waals surface area contributed by atoms with Crippen molar-refractivity contribution in [3.05, 3.63) is 35.9 Å². The average Bonchev–Trinajstić information content (AvgIpc) is 2.15. The maximum Gasteiger partial charge on any atom is 0.331 e. The first-order valence-corrected chi connectivity index (χ1v) is 4.76. The molecule has 0 saturated heterocycles. The fourth-order valence-electron chi connectivity index (χ4n) is 1.06. The number of aromatic hydroxyl groups is 1. The lowest BCUT2D eigenvalue weighted by atomic mass is 10.2. The minimum Gasteiger partial charge on any atom is -0.507 e. The van der Waals surface area contributed by atoms with Crippen molar-refractivity contribution < 1.29 is 14.6 Å². The number of phenolic OH excluding ortho intramolecular Hbond substituents is 1. The Morgan fingerprint density at radius 3 is 2.67 bits per heavy atom. The highest BCUT2D eigenvalue weighted by Crippen LogP contribution is 2.16. The molecule has 1 rings (SSSR count). The number of rotatable bonds is 3. The smallest absolute Gasteiger partial charge is 0.331 e. The predicted molar refractivity (Wildman–Crippen MR) is 58.4 cm³/mol. The van der Waals surface area contributed by atoms with E-state index >= 15 is 0 Å². The van der Waals surface area contributed by atoms with Crippen molar-refractivity contribution in [3.63, 3.8) is 0 Å². The highest BCUT2D eigenvalue weighted by molar-refractivity contribution is 5.87. The number of esters is 1. The largest absolute Gasteiger partial charge is 0.507 e. The molecule has 15 heavy (non-hydrogen) atoms. The van der Waals surface area contributed by atoms with Crippen molar-refractivity contribution in [3.8, 4) is 5.75 Å². The molecule has 0 atom stereocenters. The summed E-state index contributed by atoms with van der Waals surface area (Å²) in [5.74, 6) is -0.264. The molecule has 3 heteroatoms. The van der Waals surface area contributed by atoms with Gasteiger partial charge in [0.05, 0.1) is 6.10 Å². The fraction of sp³-hybridized carbons (Fsp3) is 0.250. The molecule has 0 aliphatic carbocycles. The van der Waals surface area contributed by atoms with Gasteiger partial charge in [-0.15, -0.1) is 0 Å². The van der Waals surface area contributed by atoms with Gasteiger partial charge in [-0.1, -0.05) is 18.2 Å². The third kappa shape index (κ3) is 3.85. The molecule has 0 fully saturated rings. The lowest BCUT2D eigenvalue weighted by Crippen LogP contribution is -2.08. The Kier molecular flexibility index (Phi) is 3.92. The van der Waals surface area contributed by atoms with E-state index < -0.39 is 5.97 Å². The van der Waals surface area contributed by atoms with E-state index in [4.69, 9.17) is 4.74 Å². The zero-order valence-electron chi connectivity index (χ0n) is 8.81. The molecule has 80 valence electrons. The molecule has 1 N–H and O–H groups in total. The van der Waals surface area contributed by atoms with Crippen molar-refractivity contribution in [2.45, 2.75) is 20.0 Å². The number of hydrogen-bond donors (Lipinski definition) is 1. The monoisotopic (exact) mass is 206 g/mol. The number of carbonyl (C=O) groups excluding carboxylic acids is 1. The second-order valence-electron chi connectivity index (χ2n) is 3.38. The van der Waals surface area contributed by atoms with Crippen LogP contribution in [-0.2, 0) is 9.53 Å². The second kappa shape index (κ2) is 5.20. The van der Waals surface area contributed by atoms with E-state index in [1.165, 1.54) is 12.2 Å². The molecular formula is C12H14O3. The molecule has 0 spiro atoms. The lowest BCUT2D eigenvalue weighted by molar-refractivity contribution is -0.141. The van der Waals surface area contributed by atoms with Crippen LogP contribution in [0.25, 0.3) is 6.08 Å². The summed E-state index contributed by atoms with van der Waals surface area (Å²) >= 11 is 0. The Bertz CT molecular complexity index is 367. The Morgan fingerprint density at radius 2 is 2.07 bits per heavy atom. The van der Waals surface area contributed by atoms with Gasteiger partial charge in [0, 0.05) is 11.6 Å². The summed E-state index contributed by atoms with van der Waals surface area (Å²) in [5, 5.41) is 9.40. The summed E-state index contributed by atoms with van der Waals surface area (Å²) in [7, 11) is 0. The van der Waals surface area contributed by atoms with E-state index in [-0.39, 0.29) is 11.9 Å². The van der Waals surface area contributed by atoms with Crippen LogP contribution in [-0.4, -0.2) is 17.2 Å². The predicted octanol–water partition coefficient (Wildman–Crippen LogP) is 2.36. The van der Waals surface area contributed by atoms with Gasteiger partial charge in [0.2, 0.25) is 0 Å². The molecule has 0 bridgehead atoms. The van der Waals surface area contributed by atoms with E-state index in [1.807, 2.05) is 0 Å². The van der Waals surface area contributed by atoms with Gasteiger partial charge in [-0.3, -0.25) is 0 Å². The highest BCUT2D eigenvalue weighted by Gasteiger charge is 2.00. The minimum atomic E-state index is -0.409. The van der Waals surface area contributed by atoms with Gasteiger partial charge < -0.3 is 9.84 Å². The Hall–Kier alpha value is -1.77. The summed E-state index contributed by atoms with van der Waals surface area (Å²) in [6.07, 6.45) is 2.70. The van der Waals surface area contributed by atoms with E-state index in [2.05, 4.69) is 0 Å². The third-order valence-electron chi connectivity index (χ3n) is 1.69. The van der Waals surface area contributed by atoms with Crippen LogP contribution in [0.15, 0.2) is 30.3 Å². The molecule has 1 aromatic rings. The van der Waals surface area contributed by atoms with Crippen LogP contribution in [0.3, 0.4) is 0 Å². The zero-order chi connectivity index (χ0) is 11.3. The van der Waals surface area contributed by atoms with Crippen molar-refractivity contribution in [1.29, 1.82) is 0 Å². The molecule has 0 amide bonds. The van der Waals surface area contributed by atoms with Gasteiger partial charge in [0.25, 0.3) is 0 Å². The normalized spacial score (nSPS) is 10.9. The summed E-state index contributed by atoms with van der Waals surface area (Å²) in [4.78, 5) is 11.1. The van der Waals surface area contributed by atoms with Crippen LogP contribution in [0.4, 0.5) is 0 Å². The van der Waals surface area contributed by atoms with Crippen molar-refractivity contribution in [2.75, 3.05) is 0 Å². The fourth-order valence-corrected chi connectivity index (χ4v) is 1.06. The first-order valence-electron chi connectivity index (χ1n) is 4.76. The molecule has 3 nitrogen and oxygen atoms in total. The molecule has 0 aromatic heterocycles. The maximum absolute atomic E-state index is 11.1. The van der Waals surface area contributed by atoms with Gasteiger partial charge in [-0.05, 0) is 26.0 Å². The van der Waals surface area contributed by atoms with Gasteiger partial charge in [0.1, 0.15) is 5.75 Å². The molecule has 0 unspecified atom stereocenters. The quantitative estimate of drug-likeness (QED) is 0.610. The molecule has 0 aliphatic rings. The number of hydrogen-bond acceptors (Lipinski definition) is 3. The van der Waals surface area contributed by atoms with Gasteiger partial charge >= 0.3 is 5.97 Å². The van der Waals surface area contributed by atoms with Crippen molar-refractivity contribution in [1.82, 2.24) is 0 Å². The Labute approximate surface area is 89.0 Å². The topological polar surface area (TPSA) is 46.5 Å². The SMILES string of the molecule is CC(C)OC(=O)C=Cc1ccccc1O. The molecule has 0 radical (unpaired) electrons. The Morgan fingerprint density at radius 1 is 1.40 bits per heavy atom. The first-order chi connectivity index (χ1) is 7.09. The minimum absolute atomic E-state index is 0.133. The van der Waals surface area contributed by atoms with Gasteiger partial charge in [-0.2, -0.15) is 0 Å². The van der Waals surface area contributed by atoms with E-state index in [1.54, 1.807) is 38.1 Å². The van der Waals surface area contributed by atoms with E-state index in [0.29, 0.717) is 5.56 Å². The van der Waals surface area contributed by atoms with Crippen LogP contribution < -0.4 is 0 Å². The summed E-state index contributed by atoms with van der Waals surface area (Å²) < 4.78 is 4.90. The summed E-state index contributed by atoms with van der Waals surface area (Å²) in [6, 6.07) is 6.79. The molecule has 0 aliphatic heterocycles. The molecule has 0 heterocycles. The molecule has 1 aromatic carbocycles. The number of benzene rings is 1. The first kappa shape index (κ1) is 11.3. The van der Waals surface area contributed by atoms with Gasteiger partial charge in [-0.25, -0.2) is 4.79 Å². The second-order valence-corrected chi connectivity index (χ2v) is 3.38. The van der Waals surface area contributed by atoms with Crippen LogP contribution in [0, 0.1) is 0 Å². The van der Waals surface area contributed by atoms with Gasteiger partial charge in [0.15, 0.2) is 0 Å². The highest BCUT2D eigenvalue weighted by atomic mass is 16.5. The van der Waals surface area contributed by atoms with E-state index in [9.17, 15) is 9.90 Å². The zero-order valence-corrected chi connectivity index (χ0v) is 8.81. The standard InChI is InChI=1S/C12H14O3/c1-9(2)15-12(14)8-7-10-5-3-4-6-11(10)13/h3-9,13H,1-2H3. The number of para-hydroxylation sites is 1. The third-order valence-corrected chi connectivity index (χ3v) is 1.69. The number of phenols is 1. The number of carbonyl (C=O) groups is 1. The number of ether oxygens (including phenoxy) is 1. The van der Waals surface area contributed by atoms with Crippen LogP contribution >= 0.6 is 0 Å². The van der Waals surface area contributed by atoms with E-state index in [0.717, 1.165) is 0 Å². The maximum atomic E-state index is 11.1. The Balaban J connectivity index is 2.66.